The van der Waals surface area contributed by atoms with Crippen molar-refractivity contribution < 1.29 is 23.3 Å². The number of esters is 1. The van der Waals surface area contributed by atoms with Gasteiger partial charge in [0, 0.05) is 5.69 Å². The zero-order chi connectivity index (χ0) is 16.9. The van der Waals surface area contributed by atoms with Gasteiger partial charge in [-0.15, -0.1) is 0 Å². The van der Waals surface area contributed by atoms with E-state index < -0.39 is 5.97 Å². The molecule has 1 aromatic carbocycles. The predicted molar refractivity (Wildman–Crippen MR) is 81.3 cm³/mol. The van der Waals surface area contributed by atoms with Crippen molar-refractivity contribution in [2.75, 3.05) is 5.32 Å². The Bertz CT molecular complexity index is 837. The van der Waals surface area contributed by atoms with Crippen molar-refractivity contribution in [3.8, 4) is 0 Å². The molecule has 24 heavy (non-hydrogen) atoms. The van der Waals surface area contributed by atoms with Crippen molar-refractivity contribution in [2.45, 2.75) is 13.5 Å². The number of aromatic nitrogens is 2. The fourth-order valence-corrected chi connectivity index (χ4v) is 1.90. The zero-order valence-electron chi connectivity index (χ0n) is 12.7. The maximum atomic E-state index is 11.9. The Kier molecular flexibility index (Phi) is 4.37. The molecule has 0 bridgehead atoms. The Balaban J connectivity index is 1.57. The molecule has 122 valence electrons. The van der Waals surface area contributed by atoms with E-state index in [-0.39, 0.29) is 24.2 Å². The van der Waals surface area contributed by atoms with Crippen molar-refractivity contribution in [2.24, 2.45) is 0 Å². The summed E-state index contributed by atoms with van der Waals surface area (Å²) in [5, 5.41) is 6.26. The number of furan rings is 1. The summed E-state index contributed by atoms with van der Waals surface area (Å²) in [6.07, 6.45) is 1.42. The molecule has 8 nitrogen and oxygen atoms in total. The number of nitrogens with zero attached hydrogens (tertiary/aromatic N) is 2. The minimum Gasteiger partial charge on any atom is -0.459 e. The van der Waals surface area contributed by atoms with E-state index in [1.807, 2.05) is 0 Å². The highest BCUT2D eigenvalue weighted by atomic mass is 16.6. The molecule has 3 rings (SSSR count). The average Bonchev–Trinajstić information content (AvgIpc) is 3.25. The Hall–Kier alpha value is -3.42. The first-order chi connectivity index (χ1) is 11.6. The lowest BCUT2D eigenvalue weighted by molar-refractivity contribution is 0.0430. The first-order valence-corrected chi connectivity index (χ1v) is 7.03. The number of rotatable bonds is 5. The molecule has 0 radical (unpaired) electrons. The molecule has 2 heterocycles. The van der Waals surface area contributed by atoms with E-state index in [0.717, 1.165) is 0 Å². The lowest BCUT2D eigenvalue weighted by Gasteiger charge is -2.05. The van der Waals surface area contributed by atoms with Crippen LogP contribution < -0.4 is 5.32 Å². The Labute approximate surface area is 136 Å². The van der Waals surface area contributed by atoms with Crippen LogP contribution in [0.25, 0.3) is 0 Å². The molecule has 0 spiro atoms. The highest BCUT2D eigenvalue weighted by Crippen LogP contribution is 2.13. The Morgan fingerprint density at radius 1 is 1.21 bits per heavy atom. The Morgan fingerprint density at radius 3 is 2.62 bits per heavy atom. The van der Waals surface area contributed by atoms with E-state index >= 15 is 0 Å². The van der Waals surface area contributed by atoms with Crippen LogP contribution in [-0.4, -0.2) is 22.0 Å². The standard InChI is InChI=1S/C16H13N3O5/c1-10-17-14(24-19-10)9-23-16(21)11-4-6-12(7-5-11)18-15(20)13-3-2-8-22-13/h2-8H,9H2,1H3,(H,18,20). The van der Waals surface area contributed by atoms with Crippen LogP contribution >= 0.6 is 0 Å². The minimum absolute atomic E-state index is 0.101. The maximum absolute atomic E-state index is 11.9. The molecule has 0 unspecified atom stereocenters. The van der Waals surface area contributed by atoms with Crippen LogP contribution in [0, 0.1) is 6.92 Å². The van der Waals surface area contributed by atoms with Crippen molar-refractivity contribution in [3.05, 3.63) is 65.7 Å². The number of nitrogens with one attached hydrogen (secondary N) is 1. The van der Waals surface area contributed by atoms with Gasteiger partial charge in [-0.25, -0.2) is 4.79 Å². The van der Waals surface area contributed by atoms with Crippen molar-refractivity contribution in [3.63, 3.8) is 0 Å². The van der Waals surface area contributed by atoms with Gasteiger partial charge in [0.2, 0.25) is 0 Å². The van der Waals surface area contributed by atoms with E-state index in [1.54, 1.807) is 43.3 Å². The summed E-state index contributed by atoms with van der Waals surface area (Å²) in [6.45, 7) is 1.57. The van der Waals surface area contributed by atoms with E-state index in [4.69, 9.17) is 13.7 Å². The third-order valence-electron chi connectivity index (χ3n) is 3.02. The molecule has 1 N–H and O–H groups in total. The first-order valence-electron chi connectivity index (χ1n) is 7.03. The fourth-order valence-electron chi connectivity index (χ4n) is 1.90. The SMILES string of the molecule is Cc1noc(COC(=O)c2ccc(NC(=O)c3ccco3)cc2)n1. The third-order valence-corrected chi connectivity index (χ3v) is 3.02. The van der Waals surface area contributed by atoms with Gasteiger partial charge >= 0.3 is 5.97 Å². The Morgan fingerprint density at radius 2 is 2.00 bits per heavy atom. The summed E-state index contributed by atoms with van der Waals surface area (Å²) in [6, 6.07) is 9.44. The molecule has 8 heteroatoms. The minimum atomic E-state index is -0.533. The maximum Gasteiger partial charge on any atom is 0.338 e. The van der Waals surface area contributed by atoms with Gasteiger partial charge in [0.15, 0.2) is 18.2 Å². The summed E-state index contributed by atoms with van der Waals surface area (Å²) in [5.74, 6) is -0.00827. The number of hydrogen-bond donors (Lipinski definition) is 1. The number of hydrogen-bond acceptors (Lipinski definition) is 7. The molecule has 0 aliphatic heterocycles. The van der Waals surface area contributed by atoms with E-state index in [2.05, 4.69) is 15.5 Å². The normalized spacial score (nSPS) is 10.4. The van der Waals surface area contributed by atoms with Crippen LogP contribution in [0.1, 0.15) is 32.6 Å². The van der Waals surface area contributed by atoms with Gasteiger partial charge in [-0.3, -0.25) is 4.79 Å². The molecule has 0 aliphatic rings. The number of carbonyl (C=O) groups is 2. The molecule has 0 fully saturated rings. The monoisotopic (exact) mass is 327 g/mol. The number of anilines is 1. The molecule has 0 saturated carbocycles. The van der Waals surface area contributed by atoms with Crippen LogP contribution in [0.4, 0.5) is 5.69 Å². The van der Waals surface area contributed by atoms with Gasteiger partial charge in [-0.2, -0.15) is 4.98 Å². The zero-order valence-corrected chi connectivity index (χ0v) is 12.7. The second-order valence-corrected chi connectivity index (χ2v) is 4.82. The molecule has 0 saturated heterocycles. The van der Waals surface area contributed by atoms with Gasteiger partial charge in [0.05, 0.1) is 11.8 Å². The summed E-state index contributed by atoms with van der Waals surface area (Å²) < 4.78 is 14.9. The molecule has 0 aliphatic carbocycles. The molecular weight excluding hydrogens is 314 g/mol. The lowest BCUT2D eigenvalue weighted by atomic mass is 10.2. The van der Waals surface area contributed by atoms with Gasteiger partial charge in [-0.05, 0) is 43.3 Å². The van der Waals surface area contributed by atoms with Crippen molar-refractivity contribution >= 4 is 17.6 Å². The van der Waals surface area contributed by atoms with E-state index in [9.17, 15) is 9.59 Å². The van der Waals surface area contributed by atoms with Crippen LogP contribution in [0.2, 0.25) is 0 Å². The summed E-state index contributed by atoms with van der Waals surface area (Å²) in [4.78, 5) is 27.7. The largest absolute Gasteiger partial charge is 0.459 e. The average molecular weight is 327 g/mol. The van der Waals surface area contributed by atoms with Gasteiger partial charge in [0.1, 0.15) is 0 Å². The molecule has 1 amide bonds. The van der Waals surface area contributed by atoms with E-state index in [0.29, 0.717) is 17.1 Å². The second kappa shape index (κ2) is 6.78. The molecular formula is C16H13N3O5. The summed E-state index contributed by atoms with van der Waals surface area (Å²) in [7, 11) is 0. The predicted octanol–water partition coefficient (Wildman–Crippen LogP) is 2.58. The number of amides is 1. The highest BCUT2D eigenvalue weighted by Gasteiger charge is 2.12. The summed E-state index contributed by atoms with van der Waals surface area (Å²) in [5.41, 5.74) is 0.864. The molecule has 2 aromatic heterocycles. The molecule has 0 atom stereocenters. The highest BCUT2D eigenvalue weighted by molar-refractivity contribution is 6.02. The molecule has 3 aromatic rings. The lowest BCUT2D eigenvalue weighted by Crippen LogP contribution is -2.11. The number of benzene rings is 1. The van der Waals surface area contributed by atoms with Crippen molar-refractivity contribution in [1.82, 2.24) is 10.1 Å². The number of aryl methyl sites for hydroxylation is 1. The third kappa shape index (κ3) is 3.67. The van der Waals surface area contributed by atoms with Gasteiger partial charge in [-0.1, -0.05) is 5.16 Å². The van der Waals surface area contributed by atoms with Crippen LogP contribution in [0.3, 0.4) is 0 Å². The quantitative estimate of drug-likeness (QED) is 0.717. The van der Waals surface area contributed by atoms with Gasteiger partial charge < -0.3 is 19.0 Å². The summed E-state index contributed by atoms with van der Waals surface area (Å²) >= 11 is 0. The number of carbonyl (C=O) groups excluding carboxylic acids is 2. The van der Waals surface area contributed by atoms with Gasteiger partial charge in [0.25, 0.3) is 11.8 Å². The van der Waals surface area contributed by atoms with E-state index in [1.165, 1.54) is 6.26 Å². The van der Waals surface area contributed by atoms with Crippen molar-refractivity contribution in [1.29, 1.82) is 0 Å². The first kappa shape index (κ1) is 15.5. The number of ether oxygens (including phenoxy) is 1. The second-order valence-electron chi connectivity index (χ2n) is 4.82. The topological polar surface area (TPSA) is 107 Å². The van der Waals surface area contributed by atoms with Crippen LogP contribution in [0.5, 0.6) is 0 Å². The van der Waals surface area contributed by atoms with Crippen LogP contribution in [-0.2, 0) is 11.3 Å². The van der Waals surface area contributed by atoms with Crippen LogP contribution in [0.15, 0.2) is 51.6 Å². The fraction of sp³-hybridized carbons (Fsp3) is 0.125. The smallest absolute Gasteiger partial charge is 0.338 e.